The highest BCUT2D eigenvalue weighted by Gasteiger charge is 2.18. The van der Waals surface area contributed by atoms with Crippen molar-refractivity contribution in [1.82, 2.24) is 29.1 Å². The minimum absolute atomic E-state index is 0.232. The van der Waals surface area contributed by atoms with Gasteiger partial charge in [0.25, 0.3) is 0 Å². The number of nitrogens with zero attached hydrogens (tertiary/aromatic N) is 8. The number of hydrogen-bond acceptors (Lipinski definition) is 11. The monoisotopic (exact) mass is 767 g/mol. The normalized spacial score (nSPS) is 11.0. The largest absolute Gasteiger partial charge is 0.456 e. The Bertz CT molecular complexity index is 2860. The van der Waals surface area contributed by atoms with Gasteiger partial charge in [0.05, 0.1) is 22.0 Å². The van der Waals surface area contributed by atoms with Crippen LogP contribution in [0.25, 0.3) is 44.3 Å². The molecule has 0 fully saturated rings. The van der Waals surface area contributed by atoms with Crippen LogP contribution in [0.1, 0.15) is 56.5 Å². The first-order valence-corrected chi connectivity index (χ1v) is 18.5. The van der Waals surface area contributed by atoms with Crippen molar-refractivity contribution in [3.8, 4) is 57.4 Å². The van der Waals surface area contributed by atoms with E-state index >= 15 is 0 Å². The van der Waals surface area contributed by atoms with Crippen LogP contribution in [0.15, 0.2) is 110 Å². The Balaban J connectivity index is 0.000000177. The molecule has 0 unspecified atom stereocenters. The molecular formula is C45H41N11O2. The fraction of sp³-hybridized carbons (Fsp3) is 0.156. The van der Waals surface area contributed by atoms with Gasteiger partial charge in [-0.1, -0.05) is 36.4 Å². The van der Waals surface area contributed by atoms with Gasteiger partial charge in [-0.2, -0.15) is 10.5 Å². The van der Waals surface area contributed by atoms with E-state index in [0.717, 1.165) is 49.9 Å². The van der Waals surface area contributed by atoms with Gasteiger partial charge in [-0.15, -0.1) is 0 Å². The van der Waals surface area contributed by atoms with Crippen LogP contribution in [0.3, 0.4) is 0 Å². The molecule has 4 heterocycles. The van der Waals surface area contributed by atoms with Crippen molar-refractivity contribution in [2.45, 2.75) is 46.7 Å². The Morgan fingerprint density at radius 2 is 1.10 bits per heavy atom. The van der Waals surface area contributed by atoms with Crippen LogP contribution in [0.5, 0.6) is 23.0 Å². The van der Waals surface area contributed by atoms with E-state index < -0.39 is 0 Å². The van der Waals surface area contributed by atoms with Crippen molar-refractivity contribution in [2.75, 3.05) is 17.2 Å². The van der Waals surface area contributed by atoms with Gasteiger partial charge in [0, 0.05) is 35.6 Å². The molecule has 4 aromatic heterocycles. The Morgan fingerprint density at radius 1 is 0.603 bits per heavy atom. The fourth-order valence-corrected chi connectivity index (χ4v) is 6.67. The zero-order valence-electron chi connectivity index (χ0n) is 32.7. The molecule has 0 amide bonds. The molecule has 0 bridgehead atoms. The third kappa shape index (κ3) is 7.52. The van der Waals surface area contributed by atoms with Crippen LogP contribution in [-0.2, 0) is 0 Å². The molecule has 0 aliphatic rings. The summed E-state index contributed by atoms with van der Waals surface area (Å²) in [4.78, 5) is 17.2. The van der Waals surface area contributed by atoms with E-state index in [9.17, 15) is 10.5 Å². The van der Waals surface area contributed by atoms with Crippen molar-refractivity contribution >= 4 is 39.4 Å². The average Bonchev–Trinajstić information content (AvgIpc) is 3.81. The Kier molecular flexibility index (Phi) is 10.6. The molecule has 6 N–H and O–H groups in total. The first-order valence-electron chi connectivity index (χ1n) is 18.5. The third-order valence-corrected chi connectivity index (χ3v) is 9.60. The van der Waals surface area contributed by atoms with Crippen LogP contribution in [-0.4, -0.2) is 29.1 Å². The first-order chi connectivity index (χ1) is 28.0. The molecule has 13 heteroatoms. The smallest absolute Gasteiger partial charge is 0.147 e. The lowest BCUT2D eigenvalue weighted by molar-refractivity contribution is 0.481. The number of ether oxygens (including phenoxy) is 2. The number of hydrogen-bond donors (Lipinski definition) is 3. The lowest BCUT2D eigenvalue weighted by Gasteiger charge is -2.09. The van der Waals surface area contributed by atoms with E-state index in [2.05, 4.69) is 75.1 Å². The van der Waals surface area contributed by atoms with E-state index in [4.69, 9.17) is 26.7 Å². The molecule has 0 radical (unpaired) electrons. The predicted molar refractivity (Wildman–Crippen MR) is 227 cm³/mol. The number of benzene rings is 4. The maximum Gasteiger partial charge on any atom is 0.147 e. The summed E-state index contributed by atoms with van der Waals surface area (Å²) in [5.41, 5.74) is 25.9. The second-order valence-electron chi connectivity index (χ2n) is 14.2. The van der Waals surface area contributed by atoms with Crippen molar-refractivity contribution in [3.05, 3.63) is 127 Å². The molecule has 0 aliphatic heterocycles. The number of nitrogens with two attached hydrogens (primary N) is 3. The quantitative estimate of drug-likeness (QED) is 0.124. The highest BCUT2D eigenvalue weighted by molar-refractivity contribution is 6.01. The summed E-state index contributed by atoms with van der Waals surface area (Å²) in [6.07, 6.45) is 7.08. The maximum atomic E-state index is 9.33. The lowest BCUT2D eigenvalue weighted by Crippen LogP contribution is -2.00. The van der Waals surface area contributed by atoms with Crippen molar-refractivity contribution in [1.29, 1.82) is 10.5 Å². The lowest BCUT2D eigenvalue weighted by atomic mass is 10.1. The van der Waals surface area contributed by atoms with Gasteiger partial charge in [-0.05, 0) is 99.8 Å². The number of nitriles is 2. The second kappa shape index (κ2) is 16.1. The highest BCUT2D eigenvalue weighted by atomic mass is 16.5. The van der Waals surface area contributed by atoms with Crippen LogP contribution in [0.4, 0.5) is 17.3 Å². The zero-order valence-corrected chi connectivity index (χ0v) is 32.7. The molecule has 58 heavy (non-hydrogen) atoms. The second-order valence-corrected chi connectivity index (χ2v) is 14.2. The fourth-order valence-electron chi connectivity index (χ4n) is 6.67. The van der Waals surface area contributed by atoms with E-state index in [1.54, 1.807) is 18.2 Å². The molecule has 8 rings (SSSR count). The number of anilines is 3. The minimum Gasteiger partial charge on any atom is -0.456 e. The van der Waals surface area contributed by atoms with Crippen LogP contribution in [0, 0.1) is 29.6 Å². The molecule has 0 spiro atoms. The standard InChI is InChI=1S/C23H21N5O.C22H20N6O/c1-14(2)28-12-19(21-22(25)26-13-27-23(21)28)16-5-7-18(8-6-16)29-20-9-4-15(3)10-17(20)11-24;1-13(2)28-11-17(20-21(25)26-12-27-22(20)28)14-6-8-15(9-7-14)29-19-5-3-4-18(24)16(19)10-23/h4-10,12-14H,1-3H3,(H2,25,26,27);3-9,11-13H,24H2,1-2H3,(H2,25,26,27). The SMILES string of the molecule is CC(C)n1cc(-c2ccc(Oc3cccc(N)c3C#N)cc2)c2c(N)ncnc21.Cc1ccc(Oc2ccc(-c3cn(C(C)C)c4ncnc(N)c34)cc2)c(C#N)c1. The van der Waals surface area contributed by atoms with Crippen molar-refractivity contribution in [3.63, 3.8) is 0 Å². The number of aromatic nitrogens is 6. The Morgan fingerprint density at radius 3 is 1.57 bits per heavy atom. The summed E-state index contributed by atoms with van der Waals surface area (Å²) in [6, 6.07) is 30.7. The highest BCUT2D eigenvalue weighted by Crippen LogP contribution is 2.38. The van der Waals surface area contributed by atoms with Crippen molar-refractivity contribution in [2.24, 2.45) is 0 Å². The van der Waals surface area contributed by atoms with Gasteiger partial charge >= 0.3 is 0 Å². The maximum absolute atomic E-state index is 9.33. The summed E-state index contributed by atoms with van der Waals surface area (Å²) >= 11 is 0. The topological polar surface area (TPSA) is 206 Å². The summed E-state index contributed by atoms with van der Waals surface area (Å²) in [5.74, 6) is 3.14. The zero-order chi connectivity index (χ0) is 41.1. The van der Waals surface area contributed by atoms with E-state index in [0.29, 0.717) is 51.4 Å². The number of rotatable bonds is 8. The predicted octanol–water partition coefficient (Wildman–Crippen LogP) is 9.74. The van der Waals surface area contributed by atoms with Gasteiger partial charge in [-0.3, -0.25) is 0 Å². The molecule has 0 saturated carbocycles. The molecule has 0 aliphatic carbocycles. The molecule has 8 aromatic rings. The van der Waals surface area contributed by atoms with Gasteiger partial charge in [-0.25, -0.2) is 19.9 Å². The summed E-state index contributed by atoms with van der Waals surface area (Å²) < 4.78 is 16.0. The molecule has 13 nitrogen and oxygen atoms in total. The van der Waals surface area contributed by atoms with E-state index in [1.807, 2.05) is 79.9 Å². The van der Waals surface area contributed by atoms with Crippen LogP contribution >= 0.6 is 0 Å². The van der Waals surface area contributed by atoms with Crippen LogP contribution in [0.2, 0.25) is 0 Å². The third-order valence-electron chi connectivity index (χ3n) is 9.60. The summed E-state index contributed by atoms with van der Waals surface area (Å²) in [6.45, 7) is 10.3. The number of nitrogen functional groups attached to an aromatic ring is 3. The summed E-state index contributed by atoms with van der Waals surface area (Å²) in [7, 11) is 0. The van der Waals surface area contributed by atoms with Crippen molar-refractivity contribution < 1.29 is 9.47 Å². The first kappa shape index (κ1) is 38.4. The Hall–Kier alpha value is -7.90. The average molecular weight is 768 g/mol. The number of fused-ring (bicyclic) bond motifs is 2. The Labute approximate surface area is 335 Å². The summed E-state index contributed by atoms with van der Waals surface area (Å²) in [5, 5.41) is 20.3. The molecule has 0 atom stereocenters. The van der Waals surface area contributed by atoms with Crippen LogP contribution < -0.4 is 26.7 Å². The minimum atomic E-state index is 0.232. The number of aryl methyl sites for hydroxylation is 1. The van der Waals surface area contributed by atoms with Gasteiger partial charge < -0.3 is 35.8 Å². The van der Waals surface area contributed by atoms with Gasteiger partial charge in [0.2, 0.25) is 0 Å². The molecule has 4 aromatic carbocycles. The van der Waals surface area contributed by atoms with E-state index in [1.165, 1.54) is 12.7 Å². The molecular weight excluding hydrogens is 727 g/mol. The van der Waals surface area contributed by atoms with Gasteiger partial charge in [0.1, 0.15) is 76.3 Å². The molecule has 0 saturated heterocycles. The van der Waals surface area contributed by atoms with E-state index in [-0.39, 0.29) is 12.1 Å². The van der Waals surface area contributed by atoms with Gasteiger partial charge in [0.15, 0.2) is 0 Å². The molecule has 288 valence electrons.